The molecular formula is C18H26O9. The van der Waals surface area contributed by atoms with Crippen molar-refractivity contribution in [1.82, 2.24) is 0 Å². The smallest absolute Gasteiger partial charge is 0.403 e. The number of hydrogen-bond donors (Lipinski definition) is 0. The summed E-state index contributed by atoms with van der Waals surface area (Å²) in [5, 5.41) is 0. The van der Waals surface area contributed by atoms with Crippen LogP contribution in [0.2, 0.25) is 0 Å². The van der Waals surface area contributed by atoms with Crippen LogP contribution in [0, 0.1) is 0 Å². The van der Waals surface area contributed by atoms with Gasteiger partial charge in [-0.1, -0.05) is 19.7 Å². The predicted molar refractivity (Wildman–Crippen MR) is 94.1 cm³/mol. The first kappa shape index (κ1) is 24.5. The summed E-state index contributed by atoms with van der Waals surface area (Å²) in [6.45, 7) is 13.8. The molecule has 0 spiro atoms. The first-order valence-corrected chi connectivity index (χ1v) is 8.22. The molecule has 0 aromatic heterocycles. The summed E-state index contributed by atoms with van der Waals surface area (Å²) in [5.41, 5.74) is 0. The van der Waals surface area contributed by atoms with Crippen LogP contribution in [0.5, 0.6) is 0 Å². The van der Waals surface area contributed by atoms with Crippen molar-refractivity contribution in [3.05, 3.63) is 38.0 Å². The first-order chi connectivity index (χ1) is 12.8. The Labute approximate surface area is 158 Å². The average Bonchev–Trinajstić information content (AvgIpc) is 2.65. The van der Waals surface area contributed by atoms with Crippen molar-refractivity contribution in [3.8, 4) is 0 Å². The Morgan fingerprint density at radius 1 is 0.741 bits per heavy atom. The molecule has 1 unspecified atom stereocenters. The average molecular weight is 386 g/mol. The molecule has 0 bridgehead atoms. The zero-order valence-corrected chi connectivity index (χ0v) is 15.9. The summed E-state index contributed by atoms with van der Waals surface area (Å²) in [5.74, 6) is -7.44. The van der Waals surface area contributed by atoms with Gasteiger partial charge in [-0.05, 0) is 20.8 Å². The third kappa shape index (κ3) is 6.63. The molecule has 0 aromatic carbocycles. The van der Waals surface area contributed by atoms with Gasteiger partial charge in [-0.2, -0.15) is 0 Å². The molecule has 1 atom stereocenters. The molecule has 27 heavy (non-hydrogen) atoms. The van der Waals surface area contributed by atoms with Crippen LogP contribution in [0.4, 0.5) is 0 Å². The molecule has 0 aromatic rings. The topological polar surface area (TPSA) is 107 Å². The molecule has 0 N–H and O–H groups in total. The van der Waals surface area contributed by atoms with Crippen molar-refractivity contribution in [2.24, 2.45) is 0 Å². The van der Waals surface area contributed by atoms with Crippen LogP contribution in [-0.4, -0.2) is 56.1 Å². The lowest BCUT2D eigenvalue weighted by Crippen LogP contribution is -2.66. The van der Waals surface area contributed by atoms with Crippen molar-refractivity contribution in [1.29, 1.82) is 0 Å². The minimum absolute atomic E-state index is 0.0414. The van der Waals surface area contributed by atoms with Crippen LogP contribution in [0.3, 0.4) is 0 Å². The van der Waals surface area contributed by atoms with Gasteiger partial charge in [0.05, 0.1) is 13.2 Å². The molecule has 0 saturated carbocycles. The standard InChI is InChI=1S/C18H26O9/c1-7-14(19)22-13-17(23-10-4,26-15(20)8-2)18(24-11-5,25-12-6)27-16(21)9-3/h7-9H,1-3,10-13H2,4-6H3. The van der Waals surface area contributed by atoms with Gasteiger partial charge in [0.25, 0.3) is 0 Å². The van der Waals surface area contributed by atoms with E-state index in [1.165, 1.54) is 0 Å². The lowest BCUT2D eigenvalue weighted by Gasteiger charge is -2.44. The van der Waals surface area contributed by atoms with E-state index in [1.807, 2.05) is 0 Å². The Hall–Kier alpha value is -2.49. The maximum Gasteiger partial charge on any atom is 0.403 e. The molecular weight excluding hydrogens is 360 g/mol. The molecule has 0 saturated heterocycles. The van der Waals surface area contributed by atoms with Crippen molar-refractivity contribution in [2.75, 3.05) is 26.4 Å². The van der Waals surface area contributed by atoms with Gasteiger partial charge in [-0.15, -0.1) is 0 Å². The minimum Gasteiger partial charge on any atom is -0.455 e. The monoisotopic (exact) mass is 386 g/mol. The fraction of sp³-hybridized carbons (Fsp3) is 0.500. The molecule has 0 aliphatic carbocycles. The number of carbonyl (C=O) groups excluding carboxylic acids is 3. The van der Waals surface area contributed by atoms with Gasteiger partial charge in [0, 0.05) is 24.8 Å². The molecule has 0 aliphatic rings. The lowest BCUT2D eigenvalue weighted by atomic mass is 10.2. The van der Waals surface area contributed by atoms with Crippen LogP contribution in [0.25, 0.3) is 0 Å². The molecule has 0 heterocycles. The predicted octanol–water partition coefficient (Wildman–Crippen LogP) is 1.63. The Morgan fingerprint density at radius 3 is 1.59 bits per heavy atom. The second-order valence-electron chi connectivity index (χ2n) is 4.67. The number of esters is 3. The van der Waals surface area contributed by atoms with Crippen LogP contribution in [0.15, 0.2) is 38.0 Å². The largest absolute Gasteiger partial charge is 0.455 e. The van der Waals surface area contributed by atoms with Gasteiger partial charge in [0.15, 0.2) is 6.61 Å². The number of ether oxygens (including phenoxy) is 6. The zero-order valence-electron chi connectivity index (χ0n) is 15.9. The van der Waals surface area contributed by atoms with E-state index in [-0.39, 0.29) is 19.8 Å². The van der Waals surface area contributed by atoms with Gasteiger partial charge in [-0.25, -0.2) is 14.4 Å². The lowest BCUT2D eigenvalue weighted by molar-refractivity contribution is -0.477. The summed E-state index contributed by atoms with van der Waals surface area (Å²) in [6.07, 6.45) is 2.60. The van der Waals surface area contributed by atoms with E-state index in [0.29, 0.717) is 0 Å². The summed E-state index contributed by atoms with van der Waals surface area (Å²) >= 11 is 0. The van der Waals surface area contributed by atoms with Gasteiger partial charge in [0.1, 0.15) is 0 Å². The molecule has 0 rings (SSSR count). The Kier molecular flexibility index (Phi) is 10.9. The third-order valence-corrected chi connectivity index (χ3v) is 2.92. The van der Waals surface area contributed by atoms with Gasteiger partial charge in [0.2, 0.25) is 0 Å². The quantitative estimate of drug-likeness (QED) is 0.190. The highest BCUT2D eigenvalue weighted by atomic mass is 16.9. The summed E-state index contributed by atoms with van der Waals surface area (Å²) < 4.78 is 32.1. The molecule has 0 fully saturated rings. The molecule has 152 valence electrons. The highest BCUT2D eigenvalue weighted by molar-refractivity contribution is 5.83. The second-order valence-corrected chi connectivity index (χ2v) is 4.67. The number of hydrogen-bond acceptors (Lipinski definition) is 9. The third-order valence-electron chi connectivity index (χ3n) is 2.92. The van der Waals surface area contributed by atoms with Gasteiger partial charge in [-0.3, -0.25) is 0 Å². The Balaban J connectivity index is 6.44. The molecule has 0 radical (unpaired) electrons. The number of carbonyl (C=O) groups is 3. The fourth-order valence-corrected chi connectivity index (χ4v) is 1.95. The highest BCUT2D eigenvalue weighted by Crippen LogP contribution is 2.36. The highest BCUT2D eigenvalue weighted by Gasteiger charge is 2.64. The molecule has 0 aliphatic heterocycles. The van der Waals surface area contributed by atoms with Crippen molar-refractivity contribution >= 4 is 17.9 Å². The number of rotatable bonds is 14. The van der Waals surface area contributed by atoms with E-state index < -0.39 is 36.3 Å². The molecule has 0 amide bonds. The van der Waals surface area contributed by atoms with Crippen LogP contribution in [-0.2, 0) is 42.8 Å². The first-order valence-electron chi connectivity index (χ1n) is 8.22. The van der Waals surface area contributed by atoms with Crippen molar-refractivity contribution in [3.63, 3.8) is 0 Å². The van der Waals surface area contributed by atoms with Crippen molar-refractivity contribution in [2.45, 2.75) is 32.5 Å². The Morgan fingerprint density at radius 2 is 1.19 bits per heavy atom. The van der Waals surface area contributed by atoms with E-state index in [2.05, 4.69) is 19.7 Å². The minimum atomic E-state index is -2.39. The van der Waals surface area contributed by atoms with Crippen LogP contribution >= 0.6 is 0 Å². The maximum absolute atomic E-state index is 12.0. The summed E-state index contributed by atoms with van der Waals surface area (Å²) in [6, 6.07) is 0. The van der Waals surface area contributed by atoms with Crippen LogP contribution in [0.1, 0.15) is 20.8 Å². The molecule has 9 heteroatoms. The van der Waals surface area contributed by atoms with E-state index >= 15 is 0 Å². The van der Waals surface area contributed by atoms with E-state index in [0.717, 1.165) is 18.2 Å². The van der Waals surface area contributed by atoms with Gasteiger partial charge >= 0.3 is 29.7 Å². The van der Waals surface area contributed by atoms with E-state index in [4.69, 9.17) is 28.4 Å². The van der Waals surface area contributed by atoms with Crippen LogP contribution < -0.4 is 0 Å². The van der Waals surface area contributed by atoms with Crippen molar-refractivity contribution < 1.29 is 42.8 Å². The summed E-state index contributed by atoms with van der Waals surface area (Å²) in [7, 11) is 0. The van der Waals surface area contributed by atoms with E-state index in [1.54, 1.807) is 20.8 Å². The fourth-order valence-electron chi connectivity index (χ4n) is 1.95. The Bertz CT molecular complexity index is 549. The maximum atomic E-state index is 12.0. The molecule has 9 nitrogen and oxygen atoms in total. The normalized spacial score (nSPS) is 13.0. The second kappa shape index (κ2) is 12.0. The van der Waals surface area contributed by atoms with E-state index in [9.17, 15) is 14.4 Å². The summed E-state index contributed by atoms with van der Waals surface area (Å²) in [4.78, 5) is 35.5. The van der Waals surface area contributed by atoms with Gasteiger partial charge < -0.3 is 28.4 Å². The SMILES string of the molecule is C=CC(=O)OCC(OCC)(OC(=O)C=C)C(OCC)(OCC)OC(=O)C=C. The zero-order chi connectivity index (χ0) is 20.9.